The Hall–Kier alpha value is -1.05. The number of rotatable bonds is 3. The van der Waals surface area contributed by atoms with Crippen LogP contribution in [0.15, 0.2) is 18.5 Å². The zero-order valence-corrected chi connectivity index (χ0v) is 8.91. The van der Waals surface area contributed by atoms with Crippen LogP contribution in [0.25, 0.3) is 0 Å². The third kappa shape index (κ3) is 2.72. The second-order valence-corrected chi connectivity index (χ2v) is 4.00. The predicted octanol–water partition coefficient (Wildman–Crippen LogP) is 2.35. The van der Waals surface area contributed by atoms with E-state index in [1.165, 1.54) is 11.3 Å². The third-order valence-corrected chi connectivity index (χ3v) is 2.00. The van der Waals surface area contributed by atoms with Gasteiger partial charge in [0.15, 0.2) is 0 Å². The molecule has 1 aromatic heterocycles. The molecule has 1 aromatic rings. The molecular weight excluding hydrogens is 160 g/mol. The van der Waals surface area contributed by atoms with Gasteiger partial charge in [-0.15, -0.1) is 0 Å². The van der Waals surface area contributed by atoms with Crippen molar-refractivity contribution in [2.45, 2.75) is 20.3 Å². The number of hydrogen-bond donors (Lipinski definition) is 0. The molecule has 0 N–H and O–H groups in total. The Bertz CT molecular complexity index is 267. The highest BCUT2D eigenvalue weighted by Gasteiger charge is 2.05. The fourth-order valence-electron chi connectivity index (χ4n) is 1.43. The second kappa shape index (κ2) is 4.26. The van der Waals surface area contributed by atoms with Gasteiger partial charge in [-0.05, 0) is 24.0 Å². The molecule has 0 aliphatic carbocycles. The van der Waals surface area contributed by atoms with Crippen LogP contribution in [0.5, 0.6) is 0 Å². The van der Waals surface area contributed by atoms with Gasteiger partial charge in [0, 0.05) is 20.3 Å². The lowest BCUT2D eigenvalue weighted by Crippen LogP contribution is -2.12. The van der Waals surface area contributed by atoms with E-state index < -0.39 is 0 Å². The Labute approximate surface area is 80.6 Å². The highest BCUT2D eigenvalue weighted by Crippen LogP contribution is 2.19. The van der Waals surface area contributed by atoms with Gasteiger partial charge in [-0.3, -0.25) is 4.98 Å². The second-order valence-electron chi connectivity index (χ2n) is 4.00. The van der Waals surface area contributed by atoms with Crippen molar-refractivity contribution < 1.29 is 0 Å². The highest BCUT2D eigenvalue weighted by atomic mass is 15.1. The van der Waals surface area contributed by atoms with Crippen LogP contribution in [0.4, 0.5) is 5.69 Å². The first-order valence-corrected chi connectivity index (χ1v) is 4.71. The minimum absolute atomic E-state index is 0.695. The fraction of sp³-hybridized carbons (Fsp3) is 0.545. The van der Waals surface area contributed by atoms with E-state index >= 15 is 0 Å². The van der Waals surface area contributed by atoms with Gasteiger partial charge in [-0.25, -0.2) is 0 Å². The standard InChI is InChI=1S/C11H18N2/c1-9(2)7-10-5-6-12-8-11(10)13(3)4/h5-6,8-9H,7H2,1-4H3. The van der Waals surface area contributed by atoms with Gasteiger partial charge in [0.05, 0.1) is 11.9 Å². The van der Waals surface area contributed by atoms with Crippen molar-refractivity contribution in [2.75, 3.05) is 19.0 Å². The molecule has 0 saturated heterocycles. The van der Waals surface area contributed by atoms with Crippen molar-refractivity contribution in [3.05, 3.63) is 24.0 Å². The molecule has 0 saturated carbocycles. The summed E-state index contributed by atoms with van der Waals surface area (Å²) >= 11 is 0. The van der Waals surface area contributed by atoms with Crippen LogP contribution in [-0.4, -0.2) is 19.1 Å². The van der Waals surface area contributed by atoms with Crippen molar-refractivity contribution in [1.82, 2.24) is 4.98 Å². The SMILES string of the molecule is CC(C)Cc1ccncc1N(C)C. The fourth-order valence-corrected chi connectivity index (χ4v) is 1.43. The van der Waals surface area contributed by atoms with E-state index in [0.717, 1.165) is 6.42 Å². The van der Waals surface area contributed by atoms with Gasteiger partial charge in [-0.1, -0.05) is 13.8 Å². The molecule has 0 amide bonds. The summed E-state index contributed by atoms with van der Waals surface area (Å²) < 4.78 is 0. The Morgan fingerprint density at radius 3 is 2.62 bits per heavy atom. The maximum Gasteiger partial charge on any atom is 0.0580 e. The van der Waals surface area contributed by atoms with Crippen molar-refractivity contribution in [3.8, 4) is 0 Å². The molecule has 72 valence electrons. The molecule has 0 radical (unpaired) electrons. The number of hydrogen-bond acceptors (Lipinski definition) is 2. The Morgan fingerprint density at radius 2 is 2.08 bits per heavy atom. The lowest BCUT2D eigenvalue weighted by Gasteiger charge is -2.17. The maximum absolute atomic E-state index is 4.13. The lowest BCUT2D eigenvalue weighted by atomic mass is 10.0. The molecule has 0 aromatic carbocycles. The molecule has 1 heterocycles. The Morgan fingerprint density at radius 1 is 1.38 bits per heavy atom. The Balaban J connectivity index is 2.91. The molecule has 0 atom stereocenters. The van der Waals surface area contributed by atoms with Crippen molar-refractivity contribution in [3.63, 3.8) is 0 Å². The maximum atomic E-state index is 4.13. The smallest absolute Gasteiger partial charge is 0.0580 e. The average Bonchev–Trinajstić information content (AvgIpc) is 2.03. The average molecular weight is 178 g/mol. The van der Waals surface area contributed by atoms with Crippen LogP contribution < -0.4 is 4.90 Å². The van der Waals surface area contributed by atoms with Crippen LogP contribution >= 0.6 is 0 Å². The largest absolute Gasteiger partial charge is 0.376 e. The minimum atomic E-state index is 0.695. The number of nitrogens with zero attached hydrogens (tertiary/aromatic N) is 2. The van der Waals surface area contributed by atoms with E-state index in [9.17, 15) is 0 Å². The molecule has 0 aliphatic heterocycles. The van der Waals surface area contributed by atoms with Crippen LogP contribution in [0, 0.1) is 5.92 Å². The molecule has 0 aliphatic rings. The van der Waals surface area contributed by atoms with Gasteiger partial charge in [0.1, 0.15) is 0 Å². The van der Waals surface area contributed by atoms with Gasteiger partial charge >= 0.3 is 0 Å². The molecule has 2 nitrogen and oxygen atoms in total. The molecule has 0 unspecified atom stereocenters. The quantitative estimate of drug-likeness (QED) is 0.706. The van der Waals surface area contributed by atoms with E-state index in [0.29, 0.717) is 5.92 Å². The minimum Gasteiger partial charge on any atom is -0.376 e. The van der Waals surface area contributed by atoms with Gasteiger partial charge in [0.25, 0.3) is 0 Å². The van der Waals surface area contributed by atoms with E-state index in [4.69, 9.17) is 0 Å². The van der Waals surface area contributed by atoms with Crippen LogP contribution in [0.1, 0.15) is 19.4 Å². The molecule has 0 bridgehead atoms. The summed E-state index contributed by atoms with van der Waals surface area (Å²) in [5.74, 6) is 0.695. The van der Waals surface area contributed by atoms with Crippen LogP contribution in [0.2, 0.25) is 0 Å². The normalized spacial score (nSPS) is 10.5. The number of pyridine rings is 1. The molecule has 1 rings (SSSR count). The summed E-state index contributed by atoms with van der Waals surface area (Å²) in [6.45, 7) is 4.47. The molecule has 0 spiro atoms. The van der Waals surface area contributed by atoms with Crippen molar-refractivity contribution >= 4 is 5.69 Å². The van der Waals surface area contributed by atoms with Crippen LogP contribution in [-0.2, 0) is 6.42 Å². The highest BCUT2D eigenvalue weighted by molar-refractivity contribution is 5.50. The summed E-state index contributed by atoms with van der Waals surface area (Å²) in [5.41, 5.74) is 2.62. The third-order valence-electron chi connectivity index (χ3n) is 2.00. The van der Waals surface area contributed by atoms with E-state index in [1.54, 1.807) is 0 Å². The van der Waals surface area contributed by atoms with Crippen molar-refractivity contribution in [2.24, 2.45) is 5.92 Å². The predicted molar refractivity (Wildman–Crippen MR) is 57.1 cm³/mol. The first-order chi connectivity index (χ1) is 6.11. The van der Waals surface area contributed by atoms with E-state index in [1.807, 2.05) is 12.4 Å². The zero-order valence-electron chi connectivity index (χ0n) is 8.91. The first-order valence-electron chi connectivity index (χ1n) is 4.71. The molecule has 2 heteroatoms. The molecule has 13 heavy (non-hydrogen) atoms. The topological polar surface area (TPSA) is 16.1 Å². The summed E-state index contributed by atoms with van der Waals surface area (Å²) in [4.78, 5) is 6.25. The summed E-state index contributed by atoms with van der Waals surface area (Å²) in [6, 6.07) is 2.11. The monoisotopic (exact) mass is 178 g/mol. The van der Waals surface area contributed by atoms with Crippen LogP contribution in [0.3, 0.4) is 0 Å². The van der Waals surface area contributed by atoms with Gasteiger partial charge in [-0.2, -0.15) is 0 Å². The first kappa shape index (κ1) is 10.0. The Kier molecular flexibility index (Phi) is 3.29. The van der Waals surface area contributed by atoms with Gasteiger partial charge in [0.2, 0.25) is 0 Å². The van der Waals surface area contributed by atoms with E-state index in [-0.39, 0.29) is 0 Å². The molecule has 0 fully saturated rings. The lowest BCUT2D eigenvalue weighted by molar-refractivity contribution is 0.646. The van der Waals surface area contributed by atoms with E-state index in [2.05, 4.69) is 43.9 Å². The van der Waals surface area contributed by atoms with Gasteiger partial charge < -0.3 is 4.90 Å². The summed E-state index contributed by atoms with van der Waals surface area (Å²) in [7, 11) is 4.11. The number of aromatic nitrogens is 1. The molecular formula is C11H18N2. The van der Waals surface area contributed by atoms with Crippen molar-refractivity contribution in [1.29, 1.82) is 0 Å². The summed E-state index contributed by atoms with van der Waals surface area (Å²) in [6.07, 6.45) is 4.92. The zero-order chi connectivity index (χ0) is 9.84. The summed E-state index contributed by atoms with van der Waals surface area (Å²) in [5, 5.41) is 0. The number of anilines is 1.